The van der Waals surface area contributed by atoms with Crippen molar-refractivity contribution in [3.05, 3.63) is 204 Å². The Morgan fingerprint density at radius 2 is 0.868 bits per heavy atom. The van der Waals surface area contributed by atoms with Crippen molar-refractivity contribution in [3.63, 3.8) is 0 Å². The van der Waals surface area contributed by atoms with Crippen LogP contribution in [0.5, 0.6) is 0 Å². The number of rotatable bonds is 9. The van der Waals surface area contributed by atoms with Crippen LogP contribution >= 0.6 is 0 Å². The van der Waals surface area contributed by atoms with Crippen LogP contribution in [0.3, 0.4) is 0 Å². The number of hydrogen-bond donors (Lipinski definition) is 0. The zero-order valence-corrected chi connectivity index (χ0v) is 30.8. The highest BCUT2D eigenvalue weighted by atomic mass is 15.1. The van der Waals surface area contributed by atoms with E-state index >= 15 is 0 Å². The van der Waals surface area contributed by atoms with Gasteiger partial charge in [-0.15, -0.1) is 0 Å². The zero-order valence-electron chi connectivity index (χ0n) is 30.8. The first-order valence-corrected chi connectivity index (χ1v) is 19.3. The first-order valence-electron chi connectivity index (χ1n) is 19.3. The minimum absolute atomic E-state index is 0.00458. The second-order valence-corrected chi connectivity index (χ2v) is 15.0. The highest BCUT2D eigenvalue weighted by Crippen LogP contribution is 2.56. The van der Waals surface area contributed by atoms with Gasteiger partial charge in [-0.2, -0.15) is 0 Å². The van der Waals surface area contributed by atoms with Crippen LogP contribution in [0.2, 0.25) is 0 Å². The molecule has 0 bridgehead atoms. The normalized spacial score (nSPS) is 16.9. The highest BCUT2D eigenvalue weighted by molar-refractivity contribution is 5.90. The van der Waals surface area contributed by atoms with Crippen molar-refractivity contribution < 1.29 is 0 Å². The molecule has 0 aromatic heterocycles. The Hall–Kier alpha value is -5.86. The molecule has 0 aliphatic heterocycles. The van der Waals surface area contributed by atoms with E-state index in [-0.39, 0.29) is 10.8 Å². The molecule has 2 nitrogen and oxygen atoms in total. The fraction of sp³-hybridized carbons (Fsp3) is 0.176. The van der Waals surface area contributed by atoms with Gasteiger partial charge in [-0.25, -0.2) is 0 Å². The number of nitrogens with zero attached hydrogens (tertiary/aromatic N) is 2. The summed E-state index contributed by atoms with van der Waals surface area (Å²) in [4.78, 5) is 4.83. The Kier molecular flexibility index (Phi) is 8.47. The SMILES string of the molecule is CCC1(C)c2ccccc2-c2cccc(N(c3ccccc3)c3ccc(C4(c5ccc(N(c6ccccc6)c6ccccc6)cc5)CCCC4)cc3)c21. The van der Waals surface area contributed by atoms with Crippen molar-refractivity contribution in [2.75, 3.05) is 9.80 Å². The monoisotopic (exact) mass is 686 g/mol. The molecular formula is C51H46N2. The zero-order chi connectivity index (χ0) is 35.8. The molecule has 1 atom stereocenters. The first-order chi connectivity index (χ1) is 26.1. The van der Waals surface area contributed by atoms with Crippen molar-refractivity contribution in [1.82, 2.24) is 0 Å². The molecule has 260 valence electrons. The first kappa shape index (κ1) is 33.0. The van der Waals surface area contributed by atoms with Crippen molar-refractivity contribution in [3.8, 4) is 11.1 Å². The van der Waals surface area contributed by atoms with E-state index < -0.39 is 0 Å². The lowest BCUT2D eigenvalue weighted by atomic mass is 9.73. The maximum Gasteiger partial charge on any atom is 0.0508 e. The molecule has 2 heteroatoms. The van der Waals surface area contributed by atoms with Crippen LogP contribution in [0.25, 0.3) is 11.1 Å². The number of para-hydroxylation sites is 3. The lowest BCUT2D eigenvalue weighted by Gasteiger charge is -2.35. The van der Waals surface area contributed by atoms with Crippen LogP contribution in [-0.4, -0.2) is 0 Å². The Morgan fingerprint density at radius 1 is 0.434 bits per heavy atom. The summed E-state index contributed by atoms with van der Waals surface area (Å²) in [6.07, 6.45) is 5.84. The average Bonchev–Trinajstić information content (AvgIpc) is 3.83. The van der Waals surface area contributed by atoms with Crippen LogP contribution in [0, 0.1) is 0 Å². The molecule has 7 aromatic carbocycles. The minimum Gasteiger partial charge on any atom is -0.311 e. The third-order valence-electron chi connectivity index (χ3n) is 12.2. The van der Waals surface area contributed by atoms with Crippen LogP contribution in [0.4, 0.5) is 34.1 Å². The molecule has 1 saturated carbocycles. The Bertz CT molecular complexity index is 2280. The predicted molar refractivity (Wildman–Crippen MR) is 224 cm³/mol. The maximum atomic E-state index is 2.49. The highest BCUT2D eigenvalue weighted by Gasteiger charge is 2.41. The molecule has 0 heterocycles. The summed E-state index contributed by atoms with van der Waals surface area (Å²) in [5, 5.41) is 0. The predicted octanol–water partition coefficient (Wildman–Crippen LogP) is 14.2. The van der Waals surface area contributed by atoms with Gasteiger partial charge in [0.25, 0.3) is 0 Å². The third kappa shape index (κ3) is 5.56. The van der Waals surface area contributed by atoms with Crippen LogP contribution in [0.1, 0.15) is 68.2 Å². The number of anilines is 6. The van der Waals surface area contributed by atoms with E-state index in [2.05, 4.69) is 206 Å². The topological polar surface area (TPSA) is 6.48 Å². The lowest BCUT2D eigenvalue weighted by molar-refractivity contribution is 0.535. The van der Waals surface area contributed by atoms with Gasteiger partial charge in [-0.1, -0.05) is 142 Å². The van der Waals surface area contributed by atoms with Crippen molar-refractivity contribution in [1.29, 1.82) is 0 Å². The molecule has 0 saturated heterocycles. The summed E-state index contributed by atoms with van der Waals surface area (Å²) in [5.74, 6) is 0. The Balaban J connectivity index is 1.11. The van der Waals surface area contributed by atoms with E-state index in [1.165, 1.54) is 69.0 Å². The Labute approximate surface area is 315 Å². The van der Waals surface area contributed by atoms with E-state index in [1.54, 1.807) is 0 Å². The summed E-state index contributed by atoms with van der Waals surface area (Å²) >= 11 is 0. The number of fused-ring (bicyclic) bond motifs is 3. The summed E-state index contributed by atoms with van der Waals surface area (Å²) < 4.78 is 0. The quantitative estimate of drug-likeness (QED) is 0.149. The molecular weight excluding hydrogens is 641 g/mol. The van der Waals surface area contributed by atoms with Gasteiger partial charge in [0, 0.05) is 39.3 Å². The van der Waals surface area contributed by atoms with E-state index in [1.807, 2.05) is 0 Å². The van der Waals surface area contributed by atoms with Gasteiger partial charge in [0.2, 0.25) is 0 Å². The molecule has 0 N–H and O–H groups in total. The fourth-order valence-corrected chi connectivity index (χ4v) is 9.42. The summed E-state index contributed by atoms with van der Waals surface area (Å²) in [6, 6.07) is 67.1. The largest absolute Gasteiger partial charge is 0.311 e. The lowest BCUT2D eigenvalue weighted by Crippen LogP contribution is -2.24. The summed E-state index contributed by atoms with van der Waals surface area (Å²) in [6.45, 7) is 4.76. The molecule has 7 aromatic rings. The Morgan fingerprint density at radius 3 is 1.40 bits per heavy atom. The minimum atomic E-state index is -0.0772. The molecule has 2 aliphatic rings. The maximum absolute atomic E-state index is 2.49. The van der Waals surface area contributed by atoms with E-state index in [4.69, 9.17) is 0 Å². The summed E-state index contributed by atoms with van der Waals surface area (Å²) in [5.41, 5.74) is 15.4. The summed E-state index contributed by atoms with van der Waals surface area (Å²) in [7, 11) is 0. The molecule has 1 fully saturated rings. The molecule has 53 heavy (non-hydrogen) atoms. The van der Waals surface area contributed by atoms with Gasteiger partial charge in [-0.05, 0) is 119 Å². The van der Waals surface area contributed by atoms with Crippen molar-refractivity contribution >= 4 is 34.1 Å². The van der Waals surface area contributed by atoms with E-state index in [9.17, 15) is 0 Å². The van der Waals surface area contributed by atoms with Gasteiger partial charge < -0.3 is 9.80 Å². The van der Waals surface area contributed by atoms with Crippen LogP contribution < -0.4 is 9.80 Å². The number of benzene rings is 7. The van der Waals surface area contributed by atoms with Gasteiger partial charge in [-0.3, -0.25) is 0 Å². The molecule has 0 amide bonds. The molecule has 2 aliphatic carbocycles. The molecule has 0 spiro atoms. The second-order valence-electron chi connectivity index (χ2n) is 15.0. The molecule has 0 radical (unpaired) electrons. The van der Waals surface area contributed by atoms with Gasteiger partial charge in [0.05, 0.1) is 5.69 Å². The van der Waals surface area contributed by atoms with Crippen molar-refractivity contribution in [2.24, 2.45) is 0 Å². The van der Waals surface area contributed by atoms with Gasteiger partial charge in [0.15, 0.2) is 0 Å². The second kappa shape index (κ2) is 13.6. The van der Waals surface area contributed by atoms with E-state index in [0.29, 0.717) is 0 Å². The smallest absolute Gasteiger partial charge is 0.0508 e. The van der Waals surface area contributed by atoms with Gasteiger partial charge in [0.1, 0.15) is 0 Å². The van der Waals surface area contributed by atoms with E-state index in [0.717, 1.165) is 30.6 Å². The molecule has 1 unspecified atom stereocenters. The fourth-order valence-electron chi connectivity index (χ4n) is 9.42. The van der Waals surface area contributed by atoms with Crippen LogP contribution in [-0.2, 0) is 10.8 Å². The van der Waals surface area contributed by atoms with Crippen molar-refractivity contribution in [2.45, 2.75) is 56.8 Å². The van der Waals surface area contributed by atoms with Gasteiger partial charge >= 0.3 is 0 Å². The third-order valence-corrected chi connectivity index (χ3v) is 12.2. The molecule has 9 rings (SSSR count). The standard InChI is InChI=1S/C51H46N2/c1-3-50(2)47-26-14-13-24-45(47)46-25-17-27-48(49(46)50)53(42-22-11-6-12-23-42)44-34-30-39(31-35-44)51(36-15-16-37-51)38-28-32-43(33-29-38)52(40-18-7-4-8-19-40)41-20-9-5-10-21-41/h4-14,17-35H,3,15-16,36-37H2,1-2H3. The van der Waals surface area contributed by atoms with Crippen LogP contribution in [0.15, 0.2) is 182 Å². The number of hydrogen-bond acceptors (Lipinski definition) is 2. The average molecular weight is 687 g/mol.